The fourth-order valence-corrected chi connectivity index (χ4v) is 4.07. The van der Waals surface area contributed by atoms with Crippen molar-refractivity contribution in [1.82, 2.24) is 5.16 Å². The number of halogens is 3. The largest absolute Gasteiger partial charge is 0.573 e. The summed E-state index contributed by atoms with van der Waals surface area (Å²) in [6, 6.07) is 18.0. The molecule has 1 aromatic heterocycles. The lowest BCUT2D eigenvalue weighted by Gasteiger charge is -2.14. The lowest BCUT2D eigenvalue weighted by atomic mass is 10.0. The Bertz CT molecular complexity index is 1480. The van der Waals surface area contributed by atoms with Gasteiger partial charge in [0.15, 0.2) is 0 Å². The van der Waals surface area contributed by atoms with E-state index in [0.717, 1.165) is 11.1 Å². The second-order valence-corrected chi connectivity index (χ2v) is 9.26. The van der Waals surface area contributed by atoms with Crippen LogP contribution in [0.15, 0.2) is 71.3 Å². The van der Waals surface area contributed by atoms with Crippen molar-refractivity contribution in [2.24, 2.45) is 0 Å². The van der Waals surface area contributed by atoms with Crippen molar-refractivity contribution in [3.63, 3.8) is 0 Å². The van der Waals surface area contributed by atoms with Crippen molar-refractivity contribution in [1.29, 1.82) is 0 Å². The molecule has 0 aliphatic carbocycles. The van der Waals surface area contributed by atoms with Gasteiger partial charge in [-0.15, -0.1) is 13.2 Å². The molecule has 4 rings (SSSR count). The van der Waals surface area contributed by atoms with Gasteiger partial charge in [0.1, 0.15) is 41.9 Å². The summed E-state index contributed by atoms with van der Waals surface area (Å²) in [5.74, 6) is 0.671. The van der Waals surface area contributed by atoms with E-state index in [9.17, 15) is 18.0 Å². The van der Waals surface area contributed by atoms with Gasteiger partial charge in [-0.25, -0.2) is 4.79 Å². The van der Waals surface area contributed by atoms with E-state index in [0.29, 0.717) is 28.4 Å². The van der Waals surface area contributed by atoms with Crippen LogP contribution in [-0.4, -0.2) is 24.6 Å². The highest BCUT2D eigenvalue weighted by Gasteiger charge is 2.33. The number of carbonyl (C=O) groups excluding carboxylic acids is 1. The van der Waals surface area contributed by atoms with Crippen LogP contribution < -0.4 is 14.2 Å². The van der Waals surface area contributed by atoms with E-state index >= 15 is 0 Å². The maximum Gasteiger partial charge on any atom is 0.573 e. The number of rotatable bonds is 10. The van der Waals surface area contributed by atoms with E-state index in [1.165, 1.54) is 25.3 Å². The van der Waals surface area contributed by atoms with Crippen LogP contribution in [-0.2, 0) is 18.0 Å². The second-order valence-electron chi connectivity index (χ2n) is 9.26. The molecule has 0 spiro atoms. The SMILES string of the molecule is COC(=O)c1cccc(OCc2ccc(OCc3c(-c4ccccc4OC(F)(F)F)noc3C(C)C)cc2C)c1. The molecule has 0 N–H and O–H groups in total. The van der Waals surface area contributed by atoms with Crippen molar-refractivity contribution in [3.05, 3.63) is 94.7 Å². The topological polar surface area (TPSA) is 80.0 Å². The number of nitrogens with zero attached hydrogens (tertiary/aromatic N) is 1. The minimum Gasteiger partial charge on any atom is -0.489 e. The average Bonchev–Trinajstić information content (AvgIpc) is 3.34. The molecule has 0 saturated carbocycles. The molecule has 0 aliphatic heterocycles. The predicted molar refractivity (Wildman–Crippen MR) is 140 cm³/mol. The first-order valence-corrected chi connectivity index (χ1v) is 12.4. The van der Waals surface area contributed by atoms with Crippen molar-refractivity contribution < 1.29 is 41.4 Å². The van der Waals surface area contributed by atoms with Crippen LogP contribution in [0.1, 0.15) is 52.6 Å². The van der Waals surface area contributed by atoms with Gasteiger partial charge < -0.3 is 23.5 Å². The zero-order valence-electron chi connectivity index (χ0n) is 22.4. The zero-order valence-corrected chi connectivity index (χ0v) is 22.4. The molecule has 0 fully saturated rings. The van der Waals surface area contributed by atoms with Gasteiger partial charge >= 0.3 is 12.3 Å². The first kappa shape index (κ1) is 28.5. The Morgan fingerprint density at radius 2 is 1.68 bits per heavy atom. The number of hydrogen-bond donors (Lipinski definition) is 0. The van der Waals surface area contributed by atoms with E-state index in [2.05, 4.69) is 9.89 Å². The van der Waals surface area contributed by atoms with Crippen LogP contribution in [0.25, 0.3) is 11.3 Å². The molecule has 210 valence electrons. The molecular weight excluding hydrogens is 527 g/mol. The van der Waals surface area contributed by atoms with Gasteiger partial charge in [-0.2, -0.15) is 0 Å². The lowest BCUT2D eigenvalue weighted by molar-refractivity contribution is -0.274. The second kappa shape index (κ2) is 12.1. The van der Waals surface area contributed by atoms with E-state index < -0.39 is 12.3 Å². The third kappa shape index (κ3) is 6.93. The highest BCUT2D eigenvalue weighted by atomic mass is 19.4. The van der Waals surface area contributed by atoms with E-state index in [1.54, 1.807) is 36.4 Å². The summed E-state index contributed by atoms with van der Waals surface area (Å²) in [6.45, 7) is 5.98. The summed E-state index contributed by atoms with van der Waals surface area (Å²) in [6.07, 6.45) is -4.86. The van der Waals surface area contributed by atoms with Gasteiger partial charge in [-0.05, 0) is 60.5 Å². The third-order valence-electron chi connectivity index (χ3n) is 6.06. The maximum absolute atomic E-state index is 13.0. The summed E-state index contributed by atoms with van der Waals surface area (Å²) < 4.78 is 65.4. The molecule has 1 heterocycles. The summed E-state index contributed by atoms with van der Waals surface area (Å²) in [4.78, 5) is 11.8. The fraction of sp³-hybridized carbons (Fsp3) is 0.267. The third-order valence-corrected chi connectivity index (χ3v) is 6.06. The molecule has 7 nitrogen and oxygen atoms in total. The Morgan fingerprint density at radius 1 is 0.950 bits per heavy atom. The molecule has 0 aliphatic rings. The highest BCUT2D eigenvalue weighted by Crippen LogP contribution is 2.38. The summed E-state index contributed by atoms with van der Waals surface area (Å²) in [5, 5.41) is 4.07. The molecule has 0 unspecified atom stereocenters. The number of aryl methyl sites for hydroxylation is 1. The number of methoxy groups -OCH3 is 1. The van der Waals surface area contributed by atoms with Crippen LogP contribution >= 0.6 is 0 Å². The minimum absolute atomic E-state index is 0.0162. The van der Waals surface area contributed by atoms with E-state index in [4.69, 9.17) is 18.7 Å². The summed E-state index contributed by atoms with van der Waals surface area (Å²) in [5.41, 5.74) is 3.10. The summed E-state index contributed by atoms with van der Waals surface area (Å²) >= 11 is 0. The van der Waals surface area contributed by atoms with Crippen LogP contribution in [0.5, 0.6) is 17.2 Å². The molecule has 3 aromatic carbocycles. The first-order valence-electron chi connectivity index (χ1n) is 12.4. The van der Waals surface area contributed by atoms with E-state index in [-0.39, 0.29) is 36.1 Å². The first-order chi connectivity index (χ1) is 19.1. The van der Waals surface area contributed by atoms with Crippen LogP contribution in [0.4, 0.5) is 13.2 Å². The number of hydrogen-bond acceptors (Lipinski definition) is 7. The standard InChI is InChI=1S/C30H28F3NO6/c1-18(2)28-25(27(34-40-28)24-10-5-6-11-26(24)39-30(31,32)33)17-38-23-13-12-21(19(3)14-23)16-37-22-9-7-8-20(15-22)29(35)36-4/h5-15,18H,16-17H2,1-4H3. The van der Waals surface area contributed by atoms with E-state index in [1.807, 2.05) is 32.9 Å². The number of carbonyl (C=O) groups is 1. The average molecular weight is 556 g/mol. The highest BCUT2D eigenvalue weighted by molar-refractivity contribution is 5.89. The fourth-order valence-electron chi connectivity index (χ4n) is 4.07. The number of ether oxygens (including phenoxy) is 4. The molecule has 10 heteroatoms. The monoisotopic (exact) mass is 555 g/mol. The Kier molecular flexibility index (Phi) is 8.67. The van der Waals surface area contributed by atoms with Crippen LogP contribution in [0, 0.1) is 6.92 Å². The van der Waals surface area contributed by atoms with Crippen molar-refractivity contribution in [2.45, 2.75) is 46.3 Å². The number of alkyl halides is 3. The zero-order chi connectivity index (χ0) is 28.9. The molecule has 0 atom stereocenters. The van der Waals surface area contributed by atoms with Crippen molar-refractivity contribution in [2.75, 3.05) is 7.11 Å². The number of benzene rings is 3. The molecule has 0 saturated heterocycles. The Hall–Kier alpha value is -4.47. The van der Waals surface area contributed by atoms with Crippen molar-refractivity contribution >= 4 is 5.97 Å². The number of esters is 1. The van der Waals surface area contributed by atoms with Gasteiger partial charge in [0.05, 0.1) is 18.2 Å². The van der Waals surface area contributed by atoms with Crippen LogP contribution in [0.3, 0.4) is 0 Å². The van der Waals surface area contributed by atoms with Gasteiger partial charge in [-0.1, -0.05) is 43.3 Å². The molecule has 0 amide bonds. The van der Waals surface area contributed by atoms with Gasteiger partial charge in [-0.3, -0.25) is 0 Å². The molecule has 0 bridgehead atoms. The summed E-state index contributed by atoms with van der Waals surface area (Å²) in [7, 11) is 1.32. The number of para-hydroxylation sites is 1. The predicted octanol–water partition coefficient (Wildman–Crippen LogP) is 7.62. The Morgan fingerprint density at radius 3 is 2.38 bits per heavy atom. The molecule has 4 aromatic rings. The molecule has 0 radical (unpaired) electrons. The minimum atomic E-state index is -4.86. The van der Waals surface area contributed by atoms with Crippen LogP contribution in [0.2, 0.25) is 0 Å². The van der Waals surface area contributed by atoms with Gasteiger partial charge in [0.2, 0.25) is 0 Å². The molecule has 40 heavy (non-hydrogen) atoms. The smallest absolute Gasteiger partial charge is 0.489 e. The van der Waals surface area contributed by atoms with Crippen molar-refractivity contribution in [3.8, 4) is 28.5 Å². The Balaban J connectivity index is 1.50. The Labute approximate surface area is 229 Å². The quantitative estimate of drug-likeness (QED) is 0.186. The van der Waals surface area contributed by atoms with Gasteiger partial charge in [0.25, 0.3) is 0 Å². The maximum atomic E-state index is 13.0. The lowest BCUT2D eigenvalue weighted by Crippen LogP contribution is -2.17. The van der Waals surface area contributed by atoms with Gasteiger partial charge in [0, 0.05) is 11.5 Å². The molecular formula is C30H28F3NO6. The normalized spacial score (nSPS) is 11.4. The number of aromatic nitrogens is 1.